The van der Waals surface area contributed by atoms with Crippen molar-refractivity contribution >= 4 is 33.4 Å². The molecular formula is C17H22FN4O4S+. The molecule has 1 unspecified atom stereocenters. The Hall–Kier alpha value is -2.33. The number of anilines is 1. The molecule has 10 heteroatoms. The molecule has 0 spiro atoms. The molecule has 27 heavy (non-hydrogen) atoms. The van der Waals surface area contributed by atoms with E-state index in [0.29, 0.717) is 13.1 Å². The molecule has 0 aromatic heterocycles. The smallest absolute Gasteiger partial charge is 0.369 e. The van der Waals surface area contributed by atoms with Crippen molar-refractivity contribution < 1.29 is 27.0 Å². The van der Waals surface area contributed by atoms with Crippen molar-refractivity contribution in [2.75, 3.05) is 45.2 Å². The minimum absolute atomic E-state index is 0.198. The summed E-state index contributed by atoms with van der Waals surface area (Å²) in [5.74, 6) is -1.07. The van der Waals surface area contributed by atoms with Crippen molar-refractivity contribution in [3.8, 4) is 0 Å². The molecule has 2 aliphatic rings. The summed E-state index contributed by atoms with van der Waals surface area (Å²) in [5, 5.41) is -1.40. The highest BCUT2D eigenvalue weighted by molar-refractivity contribution is 7.91. The average molecular weight is 397 g/mol. The van der Waals surface area contributed by atoms with Gasteiger partial charge in [-0.25, -0.2) is 17.6 Å². The fourth-order valence-corrected chi connectivity index (χ4v) is 5.32. The zero-order valence-electron chi connectivity index (χ0n) is 15.4. The Morgan fingerprint density at radius 3 is 2.19 bits per heavy atom. The third kappa shape index (κ3) is 3.34. The first-order valence-electron chi connectivity index (χ1n) is 8.52. The number of carbonyl (C=O) groups is 2. The van der Waals surface area contributed by atoms with Crippen molar-refractivity contribution in [1.29, 1.82) is 0 Å². The van der Waals surface area contributed by atoms with Gasteiger partial charge >= 0.3 is 11.9 Å². The van der Waals surface area contributed by atoms with E-state index in [1.165, 1.54) is 42.0 Å². The first-order valence-corrected chi connectivity index (χ1v) is 10.0. The normalized spacial score (nSPS) is 22.6. The summed E-state index contributed by atoms with van der Waals surface area (Å²) in [6, 6.07) is 5.47. The molecule has 0 saturated carbocycles. The molecule has 3 rings (SSSR count). The number of amides is 3. The summed E-state index contributed by atoms with van der Waals surface area (Å²) >= 11 is 0. The molecule has 1 fully saturated rings. The highest BCUT2D eigenvalue weighted by Crippen LogP contribution is 2.22. The van der Waals surface area contributed by atoms with Crippen LogP contribution in [0.2, 0.25) is 0 Å². The molecule has 2 aliphatic heterocycles. The number of carbonyl (C=O) groups excluding carboxylic acids is 2. The first kappa shape index (κ1) is 19.4. The standard InChI is InChI=1S/C17H22FN4O4S/c1-12-15(16(23)20(3)17(24)19(12)2)27(25,26)22-10-8-21(9-11-22)14-6-4-13(18)5-7-14/h4-7,15H,8-11H2,1-3H3/q+1. The molecule has 0 radical (unpaired) electrons. The minimum atomic E-state index is -3.96. The fourth-order valence-electron chi connectivity index (χ4n) is 3.35. The zero-order chi connectivity index (χ0) is 19.9. The van der Waals surface area contributed by atoms with E-state index in [1.807, 2.05) is 4.90 Å². The van der Waals surface area contributed by atoms with E-state index in [-0.39, 0.29) is 24.6 Å². The zero-order valence-corrected chi connectivity index (χ0v) is 16.2. The Bertz CT molecular complexity index is 905. The lowest BCUT2D eigenvalue weighted by Gasteiger charge is -2.37. The number of sulfonamides is 1. The van der Waals surface area contributed by atoms with Crippen molar-refractivity contribution in [3.63, 3.8) is 0 Å². The average Bonchev–Trinajstić information content (AvgIpc) is 2.65. The van der Waals surface area contributed by atoms with Crippen LogP contribution < -0.4 is 4.90 Å². The number of halogens is 1. The quantitative estimate of drug-likeness (QED) is 0.687. The third-order valence-corrected chi connectivity index (χ3v) is 7.35. The van der Waals surface area contributed by atoms with Gasteiger partial charge in [-0.2, -0.15) is 18.6 Å². The van der Waals surface area contributed by atoms with Crippen LogP contribution in [0.3, 0.4) is 0 Å². The second-order valence-electron chi connectivity index (χ2n) is 6.67. The SMILES string of the molecule is CC1=[N+](C)C(=O)N(C)C(=O)C1S(=O)(=O)N1CCN(c2ccc(F)cc2)CC1. The van der Waals surface area contributed by atoms with Crippen molar-refractivity contribution in [3.05, 3.63) is 30.1 Å². The van der Waals surface area contributed by atoms with Crippen LogP contribution in [0.15, 0.2) is 24.3 Å². The summed E-state index contributed by atoms with van der Waals surface area (Å²) in [7, 11) is -1.23. The van der Waals surface area contributed by atoms with Gasteiger partial charge in [0.25, 0.3) is 0 Å². The number of hydrogen-bond acceptors (Lipinski definition) is 5. The van der Waals surface area contributed by atoms with Crippen LogP contribution in [-0.4, -0.2) is 85.4 Å². The second-order valence-corrected chi connectivity index (χ2v) is 8.69. The van der Waals surface area contributed by atoms with Crippen molar-refractivity contribution in [1.82, 2.24) is 9.21 Å². The van der Waals surface area contributed by atoms with Gasteiger partial charge in [-0.1, -0.05) is 0 Å². The highest BCUT2D eigenvalue weighted by Gasteiger charge is 2.52. The van der Waals surface area contributed by atoms with Gasteiger partial charge in [0.05, 0.1) is 14.1 Å². The molecule has 0 bridgehead atoms. The molecule has 3 amide bonds. The van der Waals surface area contributed by atoms with E-state index in [0.717, 1.165) is 10.6 Å². The Balaban J connectivity index is 1.80. The maximum absolute atomic E-state index is 13.1. The Kier molecular flexibility index (Phi) is 5.04. The number of piperazine rings is 1. The molecule has 146 valence electrons. The summed E-state index contributed by atoms with van der Waals surface area (Å²) in [5.41, 5.74) is 1.01. The molecule has 1 saturated heterocycles. The van der Waals surface area contributed by atoms with Crippen LogP contribution in [0.4, 0.5) is 14.9 Å². The van der Waals surface area contributed by atoms with E-state index in [4.69, 9.17) is 0 Å². The van der Waals surface area contributed by atoms with E-state index < -0.39 is 27.2 Å². The van der Waals surface area contributed by atoms with Crippen molar-refractivity contribution in [2.45, 2.75) is 12.2 Å². The summed E-state index contributed by atoms with van der Waals surface area (Å²) in [4.78, 5) is 27.3. The van der Waals surface area contributed by atoms with Crippen LogP contribution in [0.25, 0.3) is 0 Å². The molecule has 0 N–H and O–H groups in total. The maximum atomic E-state index is 13.1. The van der Waals surface area contributed by atoms with Crippen LogP contribution in [0, 0.1) is 5.82 Å². The molecule has 1 aromatic carbocycles. The molecule has 8 nitrogen and oxygen atoms in total. The lowest BCUT2D eigenvalue weighted by atomic mass is 10.2. The predicted molar refractivity (Wildman–Crippen MR) is 97.9 cm³/mol. The molecular weight excluding hydrogens is 375 g/mol. The summed E-state index contributed by atoms with van der Waals surface area (Å²) in [6.07, 6.45) is 0. The molecule has 2 heterocycles. The first-order chi connectivity index (χ1) is 12.6. The van der Waals surface area contributed by atoms with Gasteiger partial charge in [0.2, 0.25) is 15.3 Å². The number of nitrogens with zero attached hydrogens (tertiary/aromatic N) is 4. The Morgan fingerprint density at radius 2 is 1.63 bits per heavy atom. The minimum Gasteiger partial charge on any atom is -0.369 e. The van der Waals surface area contributed by atoms with E-state index in [9.17, 15) is 22.4 Å². The fraction of sp³-hybridized carbons (Fsp3) is 0.471. The largest absolute Gasteiger partial charge is 0.500 e. The van der Waals surface area contributed by atoms with Gasteiger partial charge < -0.3 is 4.90 Å². The number of hydrogen-bond donors (Lipinski definition) is 0. The van der Waals surface area contributed by atoms with E-state index in [2.05, 4.69) is 0 Å². The highest BCUT2D eigenvalue weighted by atomic mass is 32.2. The van der Waals surface area contributed by atoms with Gasteiger partial charge in [-0.05, 0) is 31.2 Å². The molecule has 0 aliphatic carbocycles. The van der Waals surface area contributed by atoms with Crippen LogP contribution in [0.1, 0.15) is 6.92 Å². The number of imide groups is 1. The number of rotatable bonds is 3. The molecule has 1 atom stereocenters. The Labute approximate surface area is 157 Å². The Morgan fingerprint density at radius 1 is 1.07 bits per heavy atom. The lowest BCUT2D eigenvalue weighted by Crippen LogP contribution is -2.61. The van der Waals surface area contributed by atoms with Gasteiger partial charge in [0.15, 0.2) is 0 Å². The van der Waals surface area contributed by atoms with Gasteiger partial charge in [0.1, 0.15) is 11.5 Å². The predicted octanol–water partition coefficient (Wildman–Crippen LogP) is 0.341. The second kappa shape index (κ2) is 7.01. The number of benzene rings is 1. The topological polar surface area (TPSA) is 81.0 Å². The van der Waals surface area contributed by atoms with Crippen molar-refractivity contribution in [2.24, 2.45) is 0 Å². The summed E-state index contributed by atoms with van der Waals surface area (Å²) < 4.78 is 41.7. The van der Waals surface area contributed by atoms with Crippen LogP contribution >= 0.6 is 0 Å². The maximum Gasteiger partial charge on any atom is 0.500 e. The lowest BCUT2D eigenvalue weighted by molar-refractivity contribution is -0.405. The van der Waals surface area contributed by atoms with E-state index >= 15 is 0 Å². The van der Waals surface area contributed by atoms with Crippen LogP contribution in [0.5, 0.6) is 0 Å². The van der Waals surface area contributed by atoms with Gasteiger partial charge in [-0.3, -0.25) is 0 Å². The van der Waals surface area contributed by atoms with E-state index in [1.54, 1.807) is 12.1 Å². The molecule has 1 aromatic rings. The van der Waals surface area contributed by atoms with Gasteiger partial charge in [-0.15, -0.1) is 0 Å². The number of urea groups is 1. The third-order valence-electron chi connectivity index (χ3n) is 5.13. The van der Waals surface area contributed by atoms with Gasteiger partial charge in [0, 0.05) is 31.9 Å². The summed E-state index contributed by atoms with van der Waals surface area (Å²) in [6.45, 7) is 2.75. The monoisotopic (exact) mass is 397 g/mol. The van der Waals surface area contributed by atoms with Crippen LogP contribution in [-0.2, 0) is 14.8 Å².